The highest BCUT2D eigenvalue weighted by Gasteiger charge is 2.58. The monoisotopic (exact) mass is 415 g/mol. The molecule has 4 rings (SSSR count). The molecule has 7 nitrogen and oxygen atoms in total. The Balaban J connectivity index is 1.20. The maximum absolute atomic E-state index is 12.7. The third-order valence-corrected chi connectivity index (χ3v) is 7.13. The van der Waals surface area contributed by atoms with Gasteiger partial charge in [0.15, 0.2) is 5.96 Å². The van der Waals surface area contributed by atoms with Gasteiger partial charge in [-0.15, -0.1) is 0 Å². The van der Waals surface area contributed by atoms with Crippen molar-refractivity contribution < 1.29 is 9.59 Å². The van der Waals surface area contributed by atoms with Crippen LogP contribution in [0.25, 0.3) is 0 Å². The third kappa shape index (κ3) is 4.56. The van der Waals surface area contributed by atoms with Gasteiger partial charge in [0.2, 0.25) is 11.8 Å². The summed E-state index contributed by atoms with van der Waals surface area (Å²) in [5.41, 5.74) is 0. The van der Waals surface area contributed by atoms with Gasteiger partial charge in [0.25, 0.3) is 0 Å². The Morgan fingerprint density at radius 2 is 1.67 bits per heavy atom. The molecule has 1 saturated carbocycles. The number of imide groups is 1. The number of carbonyl (C=O) groups excluding carboxylic acids is 2. The van der Waals surface area contributed by atoms with Crippen LogP contribution in [-0.2, 0) is 9.59 Å². The molecule has 3 fully saturated rings. The highest BCUT2D eigenvalue weighted by Crippen LogP contribution is 2.52. The summed E-state index contributed by atoms with van der Waals surface area (Å²) >= 11 is 0. The van der Waals surface area contributed by atoms with Gasteiger partial charge in [0.1, 0.15) is 0 Å². The summed E-state index contributed by atoms with van der Waals surface area (Å²) in [5.74, 6) is 1.32. The summed E-state index contributed by atoms with van der Waals surface area (Å²) in [6.07, 6.45) is 11.3. The number of fused-ring (bicyclic) bond motifs is 5. The van der Waals surface area contributed by atoms with Gasteiger partial charge in [-0.1, -0.05) is 25.0 Å². The van der Waals surface area contributed by atoms with E-state index >= 15 is 0 Å². The van der Waals surface area contributed by atoms with Crippen molar-refractivity contribution in [2.75, 3.05) is 45.8 Å². The number of aliphatic imine (C=N–C) groups is 1. The number of amides is 2. The van der Waals surface area contributed by atoms with E-state index < -0.39 is 0 Å². The fraction of sp³-hybridized carbons (Fsp3) is 0.783. The van der Waals surface area contributed by atoms with Crippen molar-refractivity contribution in [3.05, 3.63) is 12.2 Å². The van der Waals surface area contributed by atoms with E-state index in [1.54, 1.807) is 0 Å². The molecule has 0 aromatic heterocycles. The van der Waals surface area contributed by atoms with E-state index in [9.17, 15) is 9.59 Å². The molecule has 7 heteroatoms. The van der Waals surface area contributed by atoms with Crippen molar-refractivity contribution in [1.82, 2.24) is 20.4 Å². The minimum atomic E-state index is -0.0889. The summed E-state index contributed by atoms with van der Waals surface area (Å²) in [7, 11) is 0. The van der Waals surface area contributed by atoms with Gasteiger partial charge < -0.3 is 15.5 Å². The zero-order valence-corrected chi connectivity index (χ0v) is 18.3. The lowest BCUT2D eigenvalue weighted by atomic mass is 9.85. The Morgan fingerprint density at radius 3 is 2.30 bits per heavy atom. The standard InChI is InChI=1S/C23H37N5O2/c1-2-24-23(26-11-15-27-12-5-3-4-6-13-27)25-10-7-14-28-21(29)19-17-8-9-18(16-17)20(19)22(28)30/h8-9,17-20H,2-7,10-16H2,1H3,(H2,24,25,26). The van der Waals surface area contributed by atoms with Gasteiger partial charge in [-0.3, -0.25) is 19.5 Å². The summed E-state index contributed by atoms with van der Waals surface area (Å²) in [6, 6.07) is 0. The first-order chi connectivity index (χ1) is 14.7. The number of carbonyl (C=O) groups is 2. The Bertz CT molecular complexity index is 653. The SMILES string of the molecule is CCNC(=NCCCN1C(=O)C2C3C=CC(C3)C2C1=O)NCCN1CCCCCC1. The van der Waals surface area contributed by atoms with Crippen LogP contribution in [0.3, 0.4) is 0 Å². The Hall–Kier alpha value is -1.89. The van der Waals surface area contributed by atoms with Gasteiger partial charge in [-0.2, -0.15) is 0 Å². The number of allylic oxidation sites excluding steroid dienone is 2. The van der Waals surface area contributed by atoms with Gasteiger partial charge >= 0.3 is 0 Å². The van der Waals surface area contributed by atoms with Crippen LogP contribution in [0.2, 0.25) is 0 Å². The summed E-state index contributed by atoms with van der Waals surface area (Å²) < 4.78 is 0. The molecule has 0 aromatic rings. The van der Waals surface area contributed by atoms with Crippen LogP contribution in [0, 0.1) is 23.7 Å². The molecule has 0 aromatic carbocycles. The topological polar surface area (TPSA) is 77.0 Å². The second-order valence-electron chi connectivity index (χ2n) is 9.12. The fourth-order valence-electron chi connectivity index (χ4n) is 5.64. The molecule has 4 atom stereocenters. The molecule has 0 spiro atoms. The molecule has 2 amide bonds. The lowest BCUT2D eigenvalue weighted by Crippen LogP contribution is -2.42. The molecule has 2 bridgehead atoms. The van der Waals surface area contributed by atoms with E-state index in [4.69, 9.17) is 0 Å². The highest BCUT2D eigenvalue weighted by atomic mass is 16.2. The number of likely N-dealkylation sites (tertiary alicyclic amines) is 2. The van der Waals surface area contributed by atoms with E-state index in [-0.39, 0.29) is 35.5 Å². The second kappa shape index (κ2) is 9.94. The molecule has 2 N–H and O–H groups in total. The van der Waals surface area contributed by atoms with Crippen molar-refractivity contribution in [3.63, 3.8) is 0 Å². The Labute approximate surface area is 180 Å². The van der Waals surface area contributed by atoms with Crippen LogP contribution in [0.4, 0.5) is 0 Å². The minimum Gasteiger partial charge on any atom is -0.357 e. The van der Waals surface area contributed by atoms with Crippen LogP contribution in [0.5, 0.6) is 0 Å². The van der Waals surface area contributed by atoms with Crippen LogP contribution in [0.15, 0.2) is 17.1 Å². The average molecular weight is 416 g/mol. The van der Waals surface area contributed by atoms with Crippen LogP contribution in [-0.4, -0.2) is 73.4 Å². The molecule has 4 unspecified atom stereocenters. The molecule has 2 aliphatic heterocycles. The molecular weight excluding hydrogens is 378 g/mol. The molecule has 0 radical (unpaired) electrons. The van der Waals surface area contributed by atoms with Crippen molar-refractivity contribution in [1.29, 1.82) is 0 Å². The van der Waals surface area contributed by atoms with Crippen LogP contribution in [0.1, 0.15) is 45.4 Å². The average Bonchev–Trinajstić information content (AvgIpc) is 3.34. The van der Waals surface area contributed by atoms with Gasteiger partial charge in [0.05, 0.1) is 11.8 Å². The molecule has 2 heterocycles. The maximum Gasteiger partial charge on any atom is 0.233 e. The predicted octanol–water partition coefficient (Wildman–Crippen LogP) is 1.61. The van der Waals surface area contributed by atoms with Gasteiger partial charge in [0, 0.05) is 32.7 Å². The third-order valence-electron chi connectivity index (χ3n) is 7.13. The van der Waals surface area contributed by atoms with Gasteiger partial charge in [-0.25, -0.2) is 0 Å². The number of hydrogen-bond acceptors (Lipinski definition) is 4. The number of hydrogen-bond donors (Lipinski definition) is 2. The summed E-state index contributed by atoms with van der Waals surface area (Å²) in [6.45, 7) is 8.30. The van der Waals surface area contributed by atoms with E-state index in [0.29, 0.717) is 19.5 Å². The van der Waals surface area contributed by atoms with Crippen molar-refractivity contribution in [2.24, 2.45) is 28.7 Å². The largest absolute Gasteiger partial charge is 0.357 e. The molecule has 4 aliphatic rings. The van der Waals surface area contributed by atoms with Crippen molar-refractivity contribution in [3.8, 4) is 0 Å². The normalized spacial score (nSPS) is 31.4. The Morgan fingerprint density at radius 1 is 1.00 bits per heavy atom. The highest BCUT2D eigenvalue weighted by molar-refractivity contribution is 6.06. The lowest BCUT2D eigenvalue weighted by Gasteiger charge is -2.20. The quantitative estimate of drug-likeness (QED) is 0.207. The number of nitrogens with zero attached hydrogens (tertiary/aromatic N) is 3. The van der Waals surface area contributed by atoms with Crippen LogP contribution < -0.4 is 10.6 Å². The molecule has 2 saturated heterocycles. The molecule has 166 valence electrons. The predicted molar refractivity (Wildman–Crippen MR) is 118 cm³/mol. The first-order valence-electron chi connectivity index (χ1n) is 12.0. The first-order valence-corrected chi connectivity index (χ1v) is 12.0. The van der Waals surface area contributed by atoms with E-state index in [1.165, 1.54) is 43.7 Å². The molecule has 2 aliphatic carbocycles. The maximum atomic E-state index is 12.7. The zero-order valence-electron chi connectivity index (χ0n) is 18.3. The number of guanidine groups is 1. The van der Waals surface area contributed by atoms with E-state index in [1.807, 2.05) is 0 Å². The fourth-order valence-corrected chi connectivity index (χ4v) is 5.64. The van der Waals surface area contributed by atoms with E-state index in [2.05, 4.69) is 39.6 Å². The van der Waals surface area contributed by atoms with Crippen molar-refractivity contribution in [2.45, 2.75) is 45.4 Å². The number of rotatable bonds is 8. The minimum absolute atomic E-state index is 0.0494. The smallest absolute Gasteiger partial charge is 0.233 e. The molecule has 30 heavy (non-hydrogen) atoms. The van der Waals surface area contributed by atoms with Gasteiger partial charge in [-0.05, 0) is 57.5 Å². The zero-order chi connectivity index (χ0) is 20.9. The second-order valence-corrected chi connectivity index (χ2v) is 9.12. The lowest BCUT2D eigenvalue weighted by molar-refractivity contribution is -0.140. The Kier molecular flexibility index (Phi) is 7.08. The van der Waals surface area contributed by atoms with Crippen LogP contribution >= 0.6 is 0 Å². The summed E-state index contributed by atoms with van der Waals surface area (Å²) in [5, 5.41) is 6.72. The van der Waals surface area contributed by atoms with E-state index in [0.717, 1.165) is 32.0 Å². The number of nitrogens with one attached hydrogen (secondary N) is 2. The summed E-state index contributed by atoms with van der Waals surface area (Å²) in [4.78, 5) is 34.2. The van der Waals surface area contributed by atoms with Crippen molar-refractivity contribution >= 4 is 17.8 Å². The molecular formula is C23H37N5O2. The first kappa shape index (κ1) is 21.3.